The first-order chi connectivity index (χ1) is 5.43. The lowest BCUT2D eigenvalue weighted by molar-refractivity contribution is 0.497. The van der Waals surface area contributed by atoms with E-state index >= 15 is 0 Å². The SMILES string of the molecule is CCNCCCc1ccco1. The molecule has 2 heteroatoms. The lowest BCUT2D eigenvalue weighted by Crippen LogP contribution is -2.14. The van der Waals surface area contributed by atoms with Gasteiger partial charge in [0.25, 0.3) is 0 Å². The molecule has 0 saturated carbocycles. The molecule has 1 heterocycles. The molecule has 11 heavy (non-hydrogen) atoms. The molecule has 1 rings (SSSR count). The van der Waals surface area contributed by atoms with E-state index in [0.29, 0.717) is 0 Å². The Morgan fingerprint density at radius 2 is 2.45 bits per heavy atom. The number of rotatable bonds is 5. The predicted molar refractivity (Wildman–Crippen MR) is 45.6 cm³/mol. The highest BCUT2D eigenvalue weighted by atomic mass is 16.3. The number of furan rings is 1. The van der Waals surface area contributed by atoms with Crippen molar-refractivity contribution in [2.75, 3.05) is 13.1 Å². The van der Waals surface area contributed by atoms with E-state index in [0.717, 1.165) is 31.7 Å². The van der Waals surface area contributed by atoms with Crippen molar-refractivity contribution in [2.24, 2.45) is 0 Å². The fourth-order valence-corrected chi connectivity index (χ4v) is 1.02. The Hall–Kier alpha value is -0.760. The third-order valence-electron chi connectivity index (χ3n) is 1.61. The number of hydrogen-bond donors (Lipinski definition) is 1. The Morgan fingerprint density at radius 1 is 1.55 bits per heavy atom. The summed E-state index contributed by atoms with van der Waals surface area (Å²) in [6.07, 6.45) is 3.92. The van der Waals surface area contributed by atoms with Gasteiger partial charge in [-0.3, -0.25) is 0 Å². The van der Waals surface area contributed by atoms with Crippen molar-refractivity contribution in [3.05, 3.63) is 24.2 Å². The van der Waals surface area contributed by atoms with Gasteiger partial charge in [0.05, 0.1) is 6.26 Å². The molecule has 1 aromatic rings. The third kappa shape index (κ3) is 3.23. The molecular formula is C9H15NO. The molecule has 0 aliphatic heterocycles. The molecule has 0 spiro atoms. The molecule has 1 N–H and O–H groups in total. The van der Waals surface area contributed by atoms with Crippen LogP contribution in [0.2, 0.25) is 0 Å². The fourth-order valence-electron chi connectivity index (χ4n) is 1.02. The Bertz CT molecular complexity index is 170. The van der Waals surface area contributed by atoms with Crippen LogP contribution >= 0.6 is 0 Å². The second-order valence-electron chi connectivity index (χ2n) is 2.54. The van der Waals surface area contributed by atoms with Crippen molar-refractivity contribution in [2.45, 2.75) is 19.8 Å². The summed E-state index contributed by atoms with van der Waals surface area (Å²) in [5, 5.41) is 3.27. The topological polar surface area (TPSA) is 25.2 Å². The Morgan fingerprint density at radius 3 is 3.09 bits per heavy atom. The Kier molecular flexibility index (Phi) is 3.76. The minimum absolute atomic E-state index is 1.04. The van der Waals surface area contributed by atoms with Crippen LogP contribution in [0.25, 0.3) is 0 Å². The van der Waals surface area contributed by atoms with Crippen molar-refractivity contribution in [3.8, 4) is 0 Å². The Balaban J connectivity index is 2.04. The minimum atomic E-state index is 1.04. The van der Waals surface area contributed by atoms with Gasteiger partial charge < -0.3 is 9.73 Å². The van der Waals surface area contributed by atoms with Gasteiger partial charge in [-0.1, -0.05) is 6.92 Å². The highest BCUT2D eigenvalue weighted by Crippen LogP contribution is 2.02. The Labute approximate surface area is 67.6 Å². The molecule has 1 aromatic heterocycles. The molecule has 62 valence electrons. The van der Waals surface area contributed by atoms with E-state index < -0.39 is 0 Å². The molecule has 0 aliphatic carbocycles. The van der Waals surface area contributed by atoms with E-state index in [1.54, 1.807) is 6.26 Å². The molecular weight excluding hydrogens is 138 g/mol. The van der Waals surface area contributed by atoms with Crippen LogP contribution in [-0.2, 0) is 6.42 Å². The molecule has 0 amide bonds. The largest absolute Gasteiger partial charge is 0.469 e. The van der Waals surface area contributed by atoms with Crippen LogP contribution in [0, 0.1) is 0 Å². The monoisotopic (exact) mass is 153 g/mol. The maximum absolute atomic E-state index is 5.19. The highest BCUT2D eigenvalue weighted by molar-refractivity contribution is 4.97. The van der Waals surface area contributed by atoms with Gasteiger partial charge in [0.2, 0.25) is 0 Å². The first kappa shape index (κ1) is 8.34. The average Bonchev–Trinajstić information content (AvgIpc) is 2.50. The van der Waals surface area contributed by atoms with E-state index in [9.17, 15) is 0 Å². The van der Waals surface area contributed by atoms with Crippen LogP contribution < -0.4 is 5.32 Å². The fraction of sp³-hybridized carbons (Fsp3) is 0.556. The second kappa shape index (κ2) is 4.97. The summed E-state index contributed by atoms with van der Waals surface area (Å²) in [7, 11) is 0. The van der Waals surface area contributed by atoms with Crippen molar-refractivity contribution in [1.29, 1.82) is 0 Å². The standard InChI is InChI=1S/C9H15NO/c1-2-10-7-3-5-9-6-4-8-11-9/h4,6,8,10H,2-3,5,7H2,1H3. The molecule has 0 bridgehead atoms. The quantitative estimate of drug-likeness (QED) is 0.653. The van der Waals surface area contributed by atoms with Crippen molar-refractivity contribution < 1.29 is 4.42 Å². The lowest BCUT2D eigenvalue weighted by Gasteiger charge is -1.98. The summed E-state index contributed by atoms with van der Waals surface area (Å²) >= 11 is 0. The predicted octanol–water partition coefficient (Wildman–Crippen LogP) is 1.82. The zero-order chi connectivity index (χ0) is 7.94. The molecule has 0 atom stereocenters. The molecule has 0 saturated heterocycles. The molecule has 0 unspecified atom stereocenters. The van der Waals surface area contributed by atoms with Gasteiger partial charge in [-0.2, -0.15) is 0 Å². The van der Waals surface area contributed by atoms with E-state index in [4.69, 9.17) is 4.42 Å². The van der Waals surface area contributed by atoms with Gasteiger partial charge in [-0.05, 0) is 31.6 Å². The lowest BCUT2D eigenvalue weighted by atomic mass is 10.2. The maximum Gasteiger partial charge on any atom is 0.103 e. The highest BCUT2D eigenvalue weighted by Gasteiger charge is 1.93. The summed E-state index contributed by atoms with van der Waals surface area (Å²) < 4.78 is 5.19. The average molecular weight is 153 g/mol. The first-order valence-corrected chi connectivity index (χ1v) is 4.16. The smallest absolute Gasteiger partial charge is 0.103 e. The summed E-state index contributed by atoms with van der Waals surface area (Å²) in [4.78, 5) is 0. The van der Waals surface area contributed by atoms with E-state index in [1.807, 2.05) is 12.1 Å². The van der Waals surface area contributed by atoms with E-state index in [-0.39, 0.29) is 0 Å². The van der Waals surface area contributed by atoms with Crippen LogP contribution in [-0.4, -0.2) is 13.1 Å². The molecule has 0 radical (unpaired) electrons. The zero-order valence-electron chi connectivity index (χ0n) is 6.97. The van der Waals surface area contributed by atoms with Crippen LogP contribution in [0.1, 0.15) is 19.1 Å². The zero-order valence-corrected chi connectivity index (χ0v) is 6.97. The second-order valence-corrected chi connectivity index (χ2v) is 2.54. The van der Waals surface area contributed by atoms with E-state index in [2.05, 4.69) is 12.2 Å². The number of nitrogens with one attached hydrogen (secondary N) is 1. The van der Waals surface area contributed by atoms with Gasteiger partial charge >= 0.3 is 0 Å². The van der Waals surface area contributed by atoms with Crippen molar-refractivity contribution >= 4 is 0 Å². The van der Waals surface area contributed by atoms with Crippen LogP contribution in [0.3, 0.4) is 0 Å². The molecule has 0 fully saturated rings. The molecule has 0 aromatic carbocycles. The summed E-state index contributed by atoms with van der Waals surface area (Å²) in [6, 6.07) is 3.95. The molecule has 0 aliphatic rings. The number of hydrogen-bond acceptors (Lipinski definition) is 2. The third-order valence-corrected chi connectivity index (χ3v) is 1.61. The first-order valence-electron chi connectivity index (χ1n) is 4.16. The summed E-state index contributed by atoms with van der Waals surface area (Å²) in [5.41, 5.74) is 0. The summed E-state index contributed by atoms with van der Waals surface area (Å²) in [6.45, 7) is 4.25. The van der Waals surface area contributed by atoms with Crippen molar-refractivity contribution in [3.63, 3.8) is 0 Å². The van der Waals surface area contributed by atoms with Gasteiger partial charge in [-0.15, -0.1) is 0 Å². The van der Waals surface area contributed by atoms with Gasteiger partial charge in [-0.25, -0.2) is 0 Å². The summed E-state index contributed by atoms with van der Waals surface area (Å²) in [5.74, 6) is 1.09. The van der Waals surface area contributed by atoms with Crippen LogP contribution in [0.4, 0.5) is 0 Å². The van der Waals surface area contributed by atoms with Gasteiger partial charge in [0.1, 0.15) is 5.76 Å². The number of aryl methyl sites for hydroxylation is 1. The van der Waals surface area contributed by atoms with Gasteiger partial charge in [0, 0.05) is 6.42 Å². The van der Waals surface area contributed by atoms with Crippen LogP contribution in [0.15, 0.2) is 22.8 Å². The molecule has 2 nitrogen and oxygen atoms in total. The normalized spacial score (nSPS) is 10.3. The van der Waals surface area contributed by atoms with Crippen molar-refractivity contribution in [1.82, 2.24) is 5.32 Å². The minimum Gasteiger partial charge on any atom is -0.469 e. The van der Waals surface area contributed by atoms with Crippen LogP contribution in [0.5, 0.6) is 0 Å². The van der Waals surface area contributed by atoms with Gasteiger partial charge in [0.15, 0.2) is 0 Å². The van der Waals surface area contributed by atoms with E-state index in [1.165, 1.54) is 0 Å². The maximum atomic E-state index is 5.19.